The summed E-state index contributed by atoms with van der Waals surface area (Å²) in [6.45, 7) is 1.86. The normalized spacial score (nSPS) is 11.3. The molecule has 0 unspecified atom stereocenters. The van der Waals surface area contributed by atoms with Crippen LogP contribution in [0.25, 0.3) is 0 Å². The maximum Gasteiger partial charge on any atom is 0.311 e. The van der Waals surface area contributed by atoms with Gasteiger partial charge in [-0.2, -0.15) is 0 Å². The van der Waals surface area contributed by atoms with Gasteiger partial charge in [0.2, 0.25) is 5.75 Å². The number of aryl methyl sites for hydroxylation is 1. The van der Waals surface area contributed by atoms with Crippen molar-refractivity contribution >= 4 is 28.7 Å². The molecule has 3 aromatic rings. The molecular formula is C20H18NO4P. The van der Waals surface area contributed by atoms with E-state index in [9.17, 15) is 19.8 Å². The molecule has 132 valence electrons. The van der Waals surface area contributed by atoms with E-state index in [1.165, 1.54) is 6.07 Å². The molecule has 26 heavy (non-hydrogen) atoms. The van der Waals surface area contributed by atoms with Crippen LogP contribution in [0.4, 0.5) is 5.69 Å². The molecule has 3 rings (SSSR count). The highest BCUT2D eigenvalue weighted by atomic mass is 31.2. The molecule has 0 aromatic heterocycles. The number of nitrogens with zero attached hydrogens (tertiary/aromatic N) is 1. The highest BCUT2D eigenvalue weighted by Crippen LogP contribution is 2.47. The van der Waals surface area contributed by atoms with Crippen LogP contribution < -0.4 is 15.9 Å². The summed E-state index contributed by atoms with van der Waals surface area (Å²) in [6, 6.07) is 20.5. The SMILES string of the molecule is CCc1cc([N+](=O)[O-])c(O)c(P(=O)(c2ccccc2)c2ccccc2)c1. The van der Waals surface area contributed by atoms with Gasteiger partial charge in [-0.25, -0.2) is 0 Å². The van der Waals surface area contributed by atoms with E-state index in [2.05, 4.69) is 0 Å². The monoisotopic (exact) mass is 367 g/mol. The van der Waals surface area contributed by atoms with Crippen LogP contribution in [0, 0.1) is 10.1 Å². The molecule has 0 aliphatic rings. The topological polar surface area (TPSA) is 80.4 Å². The lowest BCUT2D eigenvalue weighted by Crippen LogP contribution is -2.26. The minimum atomic E-state index is -3.48. The van der Waals surface area contributed by atoms with Crippen LogP contribution in [-0.4, -0.2) is 10.0 Å². The average molecular weight is 367 g/mol. The molecule has 3 aromatic carbocycles. The van der Waals surface area contributed by atoms with E-state index in [1.807, 2.05) is 19.1 Å². The van der Waals surface area contributed by atoms with Crippen molar-refractivity contribution in [1.29, 1.82) is 0 Å². The van der Waals surface area contributed by atoms with Gasteiger partial charge in [-0.15, -0.1) is 0 Å². The third-order valence-electron chi connectivity index (χ3n) is 4.31. The van der Waals surface area contributed by atoms with Gasteiger partial charge in [0.15, 0.2) is 7.14 Å². The third kappa shape index (κ3) is 3.02. The van der Waals surface area contributed by atoms with Crippen LogP contribution in [0.3, 0.4) is 0 Å². The molecule has 0 spiro atoms. The first-order chi connectivity index (χ1) is 12.5. The second-order valence-electron chi connectivity index (χ2n) is 5.87. The first kappa shape index (κ1) is 17.9. The van der Waals surface area contributed by atoms with Gasteiger partial charge in [-0.05, 0) is 18.1 Å². The predicted molar refractivity (Wildman–Crippen MR) is 104 cm³/mol. The number of nitro groups is 1. The van der Waals surface area contributed by atoms with E-state index < -0.39 is 23.5 Å². The quantitative estimate of drug-likeness (QED) is 0.425. The Morgan fingerprint density at radius 2 is 1.46 bits per heavy atom. The van der Waals surface area contributed by atoms with Crippen molar-refractivity contribution in [3.8, 4) is 5.75 Å². The van der Waals surface area contributed by atoms with Gasteiger partial charge in [0.1, 0.15) is 0 Å². The summed E-state index contributed by atoms with van der Waals surface area (Å²) in [7, 11) is -3.48. The molecule has 0 radical (unpaired) electrons. The zero-order valence-electron chi connectivity index (χ0n) is 14.2. The maximum absolute atomic E-state index is 14.3. The Morgan fingerprint density at radius 3 is 1.88 bits per heavy atom. The van der Waals surface area contributed by atoms with E-state index in [-0.39, 0.29) is 5.30 Å². The fourth-order valence-corrected chi connectivity index (χ4v) is 5.75. The highest BCUT2D eigenvalue weighted by molar-refractivity contribution is 7.85. The number of aromatic hydroxyl groups is 1. The molecule has 0 bridgehead atoms. The summed E-state index contributed by atoms with van der Waals surface area (Å²) in [6.07, 6.45) is 0.525. The van der Waals surface area contributed by atoms with E-state index in [0.29, 0.717) is 22.6 Å². The number of nitro benzene ring substituents is 1. The largest absolute Gasteiger partial charge is 0.502 e. The maximum atomic E-state index is 14.3. The molecule has 0 atom stereocenters. The summed E-state index contributed by atoms with van der Waals surface area (Å²) >= 11 is 0. The Hall–Kier alpha value is -2.91. The van der Waals surface area contributed by atoms with Gasteiger partial charge in [0, 0.05) is 16.7 Å². The first-order valence-corrected chi connectivity index (χ1v) is 9.91. The number of hydrogen-bond donors (Lipinski definition) is 1. The Kier molecular flexibility index (Phi) is 4.92. The second-order valence-corrected chi connectivity index (χ2v) is 8.61. The van der Waals surface area contributed by atoms with Gasteiger partial charge < -0.3 is 9.67 Å². The van der Waals surface area contributed by atoms with E-state index in [1.54, 1.807) is 54.6 Å². The van der Waals surface area contributed by atoms with Crippen LogP contribution in [0.1, 0.15) is 12.5 Å². The fourth-order valence-electron chi connectivity index (χ4n) is 2.95. The van der Waals surface area contributed by atoms with Crippen molar-refractivity contribution in [3.63, 3.8) is 0 Å². The standard InChI is InChI=1S/C20H18NO4P/c1-2-15-13-18(21(23)24)20(22)19(14-15)26(25,16-9-5-3-6-10-16)17-11-7-4-8-12-17/h3-14,22H,2H2,1H3. The average Bonchev–Trinajstić information content (AvgIpc) is 2.68. The summed E-state index contributed by atoms with van der Waals surface area (Å²) in [4.78, 5) is 10.8. The predicted octanol–water partition coefficient (Wildman–Crippen LogP) is 3.50. The zero-order valence-corrected chi connectivity index (χ0v) is 15.1. The molecule has 0 aliphatic carbocycles. The molecule has 5 nitrogen and oxygen atoms in total. The number of rotatable bonds is 5. The molecule has 0 heterocycles. The lowest BCUT2D eigenvalue weighted by molar-refractivity contribution is -0.385. The van der Waals surface area contributed by atoms with Crippen molar-refractivity contribution < 1.29 is 14.6 Å². The van der Waals surface area contributed by atoms with Gasteiger partial charge in [-0.3, -0.25) is 10.1 Å². The van der Waals surface area contributed by atoms with Crippen molar-refractivity contribution in [2.45, 2.75) is 13.3 Å². The lowest BCUT2D eigenvalue weighted by Gasteiger charge is -2.21. The molecule has 0 saturated heterocycles. The summed E-state index contributed by atoms with van der Waals surface area (Å²) < 4.78 is 14.3. The molecule has 0 amide bonds. The summed E-state index contributed by atoms with van der Waals surface area (Å²) in [5.41, 5.74) is 0.225. The van der Waals surface area contributed by atoms with Crippen LogP contribution >= 0.6 is 7.14 Å². The van der Waals surface area contributed by atoms with E-state index >= 15 is 0 Å². The van der Waals surface area contributed by atoms with Crippen LogP contribution in [0.2, 0.25) is 0 Å². The van der Waals surface area contributed by atoms with Crippen LogP contribution in [0.5, 0.6) is 5.75 Å². The molecule has 0 fully saturated rings. The van der Waals surface area contributed by atoms with Gasteiger partial charge >= 0.3 is 5.69 Å². The fraction of sp³-hybridized carbons (Fsp3) is 0.100. The number of hydrogen-bond acceptors (Lipinski definition) is 4. The Labute approximate surface area is 151 Å². The Bertz CT molecular complexity index is 944. The second kappa shape index (κ2) is 7.14. The minimum absolute atomic E-state index is 0.0981. The highest BCUT2D eigenvalue weighted by Gasteiger charge is 2.35. The molecule has 6 heteroatoms. The number of phenols is 1. The van der Waals surface area contributed by atoms with Crippen molar-refractivity contribution in [1.82, 2.24) is 0 Å². The van der Waals surface area contributed by atoms with Gasteiger partial charge in [-0.1, -0.05) is 67.6 Å². The van der Waals surface area contributed by atoms with Gasteiger partial charge in [0.05, 0.1) is 10.2 Å². The minimum Gasteiger partial charge on any atom is -0.502 e. The van der Waals surface area contributed by atoms with Crippen molar-refractivity contribution in [2.75, 3.05) is 0 Å². The molecule has 0 aliphatic heterocycles. The van der Waals surface area contributed by atoms with Gasteiger partial charge in [0.25, 0.3) is 0 Å². The molecular weight excluding hydrogens is 349 g/mol. The van der Waals surface area contributed by atoms with Crippen LogP contribution in [0.15, 0.2) is 72.8 Å². The molecule has 1 N–H and O–H groups in total. The first-order valence-electron chi connectivity index (χ1n) is 8.20. The smallest absolute Gasteiger partial charge is 0.311 e. The van der Waals surface area contributed by atoms with Crippen molar-refractivity contribution in [3.05, 3.63) is 88.5 Å². The zero-order chi connectivity index (χ0) is 18.7. The van der Waals surface area contributed by atoms with E-state index in [0.717, 1.165) is 0 Å². The lowest BCUT2D eigenvalue weighted by atomic mass is 10.1. The summed E-state index contributed by atoms with van der Waals surface area (Å²) in [5, 5.41) is 23.2. The third-order valence-corrected chi connectivity index (χ3v) is 7.38. The Balaban J connectivity index is 2.40. The van der Waals surface area contributed by atoms with E-state index in [4.69, 9.17) is 0 Å². The van der Waals surface area contributed by atoms with Crippen molar-refractivity contribution in [2.24, 2.45) is 0 Å². The summed E-state index contributed by atoms with van der Waals surface area (Å²) in [5.74, 6) is -0.539. The number of benzene rings is 3. The Morgan fingerprint density at radius 1 is 0.962 bits per heavy atom. The number of phenolic OH excluding ortho intramolecular Hbond substituents is 1. The van der Waals surface area contributed by atoms with Crippen LogP contribution in [-0.2, 0) is 11.0 Å². The molecule has 0 saturated carbocycles.